The van der Waals surface area contributed by atoms with Gasteiger partial charge in [0.15, 0.2) is 0 Å². The van der Waals surface area contributed by atoms with Crippen molar-refractivity contribution in [2.24, 2.45) is 0 Å². The molecule has 2 amide bonds. The lowest BCUT2D eigenvalue weighted by Crippen LogP contribution is -2.42. The molecule has 0 radical (unpaired) electrons. The van der Waals surface area contributed by atoms with Crippen molar-refractivity contribution in [1.29, 1.82) is 0 Å². The van der Waals surface area contributed by atoms with E-state index in [0.717, 1.165) is 22.4 Å². The highest BCUT2D eigenvalue weighted by Gasteiger charge is 2.25. The minimum Gasteiger partial charge on any atom is -0.465 e. The van der Waals surface area contributed by atoms with Gasteiger partial charge in [-0.05, 0) is 41.7 Å². The minimum absolute atomic E-state index is 0.311. The molecule has 0 aromatic heterocycles. The highest BCUT2D eigenvalue weighted by molar-refractivity contribution is 5.98. The molecule has 0 saturated heterocycles. The van der Waals surface area contributed by atoms with E-state index >= 15 is 0 Å². The summed E-state index contributed by atoms with van der Waals surface area (Å²) in [5.74, 6) is -0.311. The first-order chi connectivity index (χ1) is 10.6. The van der Waals surface area contributed by atoms with Crippen LogP contribution >= 0.6 is 0 Å². The number of benzene rings is 2. The number of carbonyl (C=O) groups excluding carboxylic acids is 1. The van der Waals surface area contributed by atoms with Crippen LogP contribution in [0.4, 0.5) is 10.5 Å². The van der Waals surface area contributed by atoms with E-state index in [1.807, 2.05) is 48.5 Å². The molecule has 112 valence electrons. The van der Waals surface area contributed by atoms with Gasteiger partial charge in [-0.25, -0.2) is 4.79 Å². The second-order valence-electron chi connectivity index (χ2n) is 5.27. The zero-order valence-corrected chi connectivity index (χ0v) is 11.9. The Kier molecular flexibility index (Phi) is 3.78. The van der Waals surface area contributed by atoms with Gasteiger partial charge in [-0.3, -0.25) is 4.79 Å². The first-order valence-electron chi connectivity index (χ1n) is 7.12. The fourth-order valence-electron chi connectivity index (χ4n) is 2.67. The normalized spacial score (nSPS) is 17.1. The standard InChI is InChI=1S/C17H16N2O3/c20-16-15(19-17(21)22)9-7-13-10-12(6-8-14(13)18-16)11-4-2-1-3-5-11/h1-6,8,10,15,19H,7,9H2,(H,18,20)(H,21,22). The van der Waals surface area contributed by atoms with Crippen molar-refractivity contribution in [3.05, 3.63) is 54.1 Å². The van der Waals surface area contributed by atoms with Gasteiger partial charge in [0, 0.05) is 5.69 Å². The summed E-state index contributed by atoms with van der Waals surface area (Å²) < 4.78 is 0. The maximum absolute atomic E-state index is 12.0. The zero-order chi connectivity index (χ0) is 15.5. The molecular weight excluding hydrogens is 280 g/mol. The van der Waals surface area contributed by atoms with Gasteiger partial charge in [0.25, 0.3) is 0 Å². The zero-order valence-electron chi connectivity index (χ0n) is 11.9. The first-order valence-corrected chi connectivity index (χ1v) is 7.12. The number of nitrogens with one attached hydrogen (secondary N) is 2. The largest absolute Gasteiger partial charge is 0.465 e. The maximum Gasteiger partial charge on any atom is 0.405 e. The lowest BCUT2D eigenvalue weighted by Gasteiger charge is -2.12. The Morgan fingerprint density at radius 1 is 1.14 bits per heavy atom. The van der Waals surface area contributed by atoms with E-state index < -0.39 is 12.1 Å². The SMILES string of the molecule is O=C(O)NC1CCc2cc(-c3ccccc3)ccc2NC1=O. The Labute approximate surface area is 128 Å². The summed E-state index contributed by atoms with van der Waals surface area (Å²) >= 11 is 0. The smallest absolute Gasteiger partial charge is 0.405 e. The van der Waals surface area contributed by atoms with Crippen LogP contribution in [0.15, 0.2) is 48.5 Å². The van der Waals surface area contributed by atoms with Crippen LogP contribution in [0.3, 0.4) is 0 Å². The summed E-state index contributed by atoms with van der Waals surface area (Å²) in [6, 6.07) is 15.2. The quantitative estimate of drug-likeness (QED) is 0.797. The van der Waals surface area contributed by atoms with Gasteiger partial charge in [0.1, 0.15) is 6.04 Å². The average Bonchev–Trinajstić information content (AvgIpc) is 2.67. The van der Waals surface area contributed by atoms with Gasteiger partial charge in [-0.2, -0.15) is 0 Å². The second-order valence-corrected chi connectivity index (χ2v) is 5.27. The van der Waals surface area contributed by atoms with Crippen molar-refractivity contribution < 1.29 is 14.7 Å². The van der Waals surface area contributed by atoms with Crippen molar-refractivity contribution in [3.8, 4) is 11.1 Å². The van der Waals surface area contributed by atoms with Gasteiger partial charge in [0.05, 0.1) is 0 Å². The van der Waals surface area contributed by atoms with Crippen LogP contribution in [-0.2, 0) is 11.2 Å². The van der Waals surface area contributed by atoms with Crippen molar-refractivity contribution in [2.45, 2.75) is 18.9 Å². The number of carbonyl (C=O) groups is 2. The molecule has 3 N–H and O–H groups in total. The van der Waals surface area contributed by atoms with E-state index in [1.54, 1.807) is 0 Å². The van der Waals surface area contributed by atoms with Crippen molar-refractivity contribution in [3.63, 3.8) is 0 Å². The molecular formula is C17H16N2O3. The number of hydrogen-bond acceptors (Lipinski definition) is 2. The number of anilines is 1. The molecule has 2 aromatic rings. The molecule has 3 rings (SSSR count). The van der Waals surface area contributed by atoms with Crippen LogP contribution in [0, 0.1) is 0 Å². The fourth-order valence-corrected chi connectivity index (χ4v) is 2.67. The van der Waals surface area contributed by atoms with E-state index in [1.165, 1.54) is 0 Å². The Morgan fingerprint density at radius 2 is 1.91 bits per heavy atom. The molecule has 2 aromatic carbocycles. The second kappa shape index (κ2) is 5.89. The van der Waals surface area contributed by atoms with Gasteiger partial charge >= 0.3 is 6.09 Å². The monoisotopic (exact) mass is 296 g/mol. The molecule has 22 heavy (non-hydrogen) atoms. The predicted octanol–water partition coefficient (Wildman–Crippen LogP) is 2.87. The summed E-state index contributed by atoms with van der Waals surface area (Å²) in [6.45, 7) is 0. The molecule has 1 heterocycles. The number of rotatable bonds is 2. The molecule has 0 saturated carbocycles. The highest BCUT2D eigenvalue weighted by atomic mass is 16.4. The van der Waals surface area contributed by atoms with Crippen LogP contribution < -0.4 is 10.6 Å². The van der Waals surface area contributed by atoms with Crippen molar-refractivity contribution in [2.75, 3.05) is 5.32 Å². The Hall–Kier alpha value is -2.82. The van der Waals surface area contributed by atoms with Gasteiger partial charge < -0.3 is 15.7 Å². The molecule has 0 bridgehead atoms. The lowest BCUT2D eigenvalue weighted by molar-refractivity contribution is -0.118. The Bertz CT molecular complexity index is 713. The Balaban J connectivity index is 1.88. The maximum atomic E-state index is 12.0. The van der Waals surface area contributed by atoms with Crippen LogP contribution in [0.25, 0.3) is 11.1 Å². The molecule has 1 aliphatic heterocycles. The summed E-state index contributed by atoms with van der Waals surface area (Å²) in [5, 5.41) is 13.8. The minimum atomic E-state index is -1.18. The number of fused-ring (bicyclic) bond motifs is 1. The summed E-state index contributed by atoms with van der Waals surface area (Å²) in [6.07, 6.45) is -0.0978. The van der Waals surface area contributed by atoms with Crippen LogP contribution in [0.5, 0.6) is 0 Å². The molecule has 0 spiro atoms. The summed E-state index contributed by atoms with van der Waals surface area (Å²) in [5.41, 5.74) is 3.96. The molecule has 0 fully saturated rings. The van der Waals surface area contributed by atoms with E-state index in [0.29, 0.717) is 12.8 Å². The van der Waals surface area contributed by atoms with E-state index in [2.05, 4.69) is 10.6 Å². The van der Waals surface area contributed by atoms with E-state index in [-0.39, 0.29) is 5.91 Å². The number of carboxylic acid groups (broad SMARTS) is 1. The molecule has 0 aliphatic carbocycles. The van der Waals surface area contributed by atoms with Crippen LogP contribution in [0.1, 0.15) is 12.0 Å². The van der Waals surface area contributed by atoms with Crippen LogP contribution in [0.2, 0.25) is 0 Å². The van der Waals surface area contributed by atoms with E-state index in [4.69, 9.17) is 5.11 Å². The third-order valence-electron chi connectivity index (χ3n) is 3.79. The van der Waals surface area contributed by atoms with Gasteiger partial charge in [-0.15, -0.1) is 0 Å². The first kappa shape index (κ1) is 14.1. The third-order valence-corrected chi connectivity index (χ3v) is 3.79. The highest BCUT2D eigenvalue weighted by Crippen LogP contribution is 2.28. The topological polar surface area (TPSA) is 78.4 Å². The molecule has 1 atom stereocenters. The van der Waals surface area contributed by atoms with Gasteiger partial charge in [-0.1, -0.05) is 36.4 Å². The molecule has 5 heteroatoms. The van der Waals surface area contributed by atoms with Gasteiger partial charge in [0.2, 0.25) is 5.91 Å². The Morgan fingerprint density at radius 3 is 2.64 bits per heavy atom. The average molecular weight is 296 g/mol. The lowest BCUT2D eigenvalue weighted by atomic mass is 9.99. The summed E-state index contributed by atoms with van der Waals surface area (Å²) in [4.78, 5) is 22.8. The van der Waals surface area contributed by atoms with E-state index in [9.17, 15) is 9.59 Å². The number of amides is 2. The molecule has 5 nitrogen and oxygen atoms in total. The van der Waals surface area contributed by atoms with Crippen LogP contribution in [-0.4, -0.2) is 23.1 Å². The predicted molar refractivity (Wildman–Crippen MR) is 83.8 cm³/mol. The fraction of sp³-hybridized carbons (Fsp3) is 0.176. The van der Waals surface area contributed by atoms with Crippen molar-refractivity contribution in [1.82, 2.24) is 5.32 Å². The molecule has 1 aliphatic rings. The van der Waals surface area contributed by atoms with Crippen molar-refractivity contribution >= 4 is 17.7 Å². The number of aryl methyl sites for hydroxylation is 1. The third kappa shape index (κ3) is 2.93. The molecule has 1 unspecified atom stereocenters. The number of hydrogen-bond donors (Lipinski definition) is 3. The summed E-state index contributed by atoms with van der Waals surface area (Å²) in [7, 11) is 0.